The second-order valence-electron chi connectivity index (χ2n) is 4.70. The van der Waals surface area contributed by atoms with Crippen LogP contribution in [0, 0.1) is 30.9 Å². The van der Waals surface area contributed by atoms with Crippen molar-refractivity contribution in [3.8, 4) is 0 Å². The van der Waals surface area contributed by atoms with Crippen LogP contribution in [0.15, 0.2) is 21.8 Å². The maximum atomic E-state index is 12.1. The minimum Gasteiger partial charge on any atom is -0.292 e. The Morgan fingerprint density at radius 1 is 1.33 bits per heavy atom. The summed E-state index contributed by atoms with van der Waals surface area (Å²) < 4.78 is 1.75. The van der Waals surface area contributed by atoms with Crippen LogP contribution in [-0.4, -0.2) is 19.5 Å². The number of rotatable bonds is 3. The lowest BCUT2D eigenvalue weighted by Crippen LogP contribution is -2.23. The van der Waals surface area contributed by atoms with E-state index in [1.54, 1.807) is 20.8 Å². The molecule has 0 saturated heterocycles. The molecule has 0 aliphatic carbocycles. The number of aromatic nitrogens is 3. The highest BCUT2D eigenvalue weighted by Gasteiger charge is 2.19. The van der Waals surface area contributed by atoms with Gasteiger partial charge in [0.15, 0.2) is 0 Å². The van der Waals surface area contributed by atoms with E-state index in [0.717, 1.165) is 0 Å². The van der Waals surface area contributed by atoms with Crippen molar-refractivity contribution in [2.45, 2.75) is 27.3 Å². The van der Waals surface area contributed by atoms with Gasteiger partial charge in [-0.2, -0.15) is 0 Å². The molecular weight excluding hydrogens is 340 g/mol. The largest absolute Gasteiger partial charge is 0.292 e. The summed E-state index contributed by atoms with van der Waals surface area (Å²) in [4.78, 5) is 31.1. The normalized spacial score (nSPS) is 10.7. The smallest absolute Gasteiger partial charge is 0.278 e. The van der Waals surface area contributed by atoms with Crippen molar-refractivity contribution in [3.05, 3.63) is 60.0 Å². The summed E-state index contributed by atoms with van der Waals surface area (Å²) in [5.41, 5.74) is 1.82. The van der Waals surface area contributed by atoms with E-state index >= 15 is 0 Å². The molecule has 21 heavy (non-hydrogen) atoms. The first kappa shape index (κ1) is 15.3. The molecule has 0 unspecified atom stereocenters. The Labute approximate surface area is 128 Å². The summed E-state index contributed by atoms with van der Waals surface area (Å²) in [5.74, 6) is 0. The minimum absolute atomic E-state index is 0.0344. The topological polar surface area (TPSA) is 90.9 Å². The van der Waals surface area contributed by atoms with Crippen LogP contribution >= 0.6 is 15.9 Å². The number of nitrogens with zero attached hydrogens (tertiary/aromatic N) is 4. The Morgan fingerprint density at radius 3 is 2.62 bits per heavy atom. The molecule has 0 aliphatic heterocycles. The Bertz CT molecular complexity index is 786. The molecule has 110 valence electrons. The van der Waals surface area contributed by atoms with E-state index in [1.807, 2.05) is 0 Å². The summed E-state index contributed by atoms with van der Waals surface area (Å²) in [6.45, 7) is 5.13. The van der Waals surface area contributed by atoms with Gasteiger partial charge in [0.2, 0.25) is 0 Å². The Kier molecular flexibility index (Phi) is 4.17. The van der Waals surface area contributed by atoms with Crippen LogP contribution in [0.1, 0.15) is 22.5 Å². The molecule has 0 aromatic carbocycles. The molecule has 0 aliphatic rings. The fourth-order valence-electron chi connectivity index (χ4n) is 2.03. The van der Waals surface area contributed by atoms with E-state index < -0.39 is 4.92 Å². The third-order valence-electron chi connectivity index (χ3n) is 3.24. The predicted octanol–water partition coefficient (Wildman–Crippen LogP) is 2.28. The molecule has 2 heterocycles. The van der Waals surface area contributed by atoms with Crippen molar-refractivity contribution < 1.29 is 4.92 Å². The first-order valence-electron chi connectivity index (χ1n) is 6.14. The minimum atomic E-state index is -0.429. The highest BCUT2D eigenvalue weighted by atomic mass is 79.9. The van der Waals surface area contributed by atoms with Crippen LogP contribution in [0.4, 0.5) is 5.69 Å². The molecule has 0 N–H and O–H groups in total. The van der Waals surface area contributed by atoms with Gasteiger partial charge in [-0.1, -0.05) is 0 Å². The Hall–Kier alpha value is -2.09. The van der Waals surface area contributed by atoms with Gasteiger partial charge in [0.05, 0.1) is 34.7 Å². The molecule has 8 heteroatoms. The third kappa shape index (κ3) is 2.85. The molecule has 0 amide bonds. The Morgan fingerprint density at radius 2 is 2.00 bits per heavy atom. The lowest BCUT2D eigenvalue weighted by atomic mass is 10.1. The van der Waals surface area contributed by atoms with Crippen molar-refractivity contribution in [3.63, 3.8) is 0 Å². The van der Waals surface area contributed by atoms with Gasteiger partial charge in [0, 0.05) is 11.8 Å². The highest BCUT2D eigenvalue weighted by Crippen LogP contribution is 2.24. The van der Waals surface area contributed by atoms with Gasteiger partial charge in [-0.3, -0.25) is 24.5 Å². The lowest BCUT2D eigenvalue weighted by Gasteiger charge is -2.10. The molecule has 0 saturated carbocycles. The maximum absolute atomic E-state index is 12.1. The quantitative estimate of drug-likeness (QED) is 0.624. The molecule has 0 spiro atoms. The molecule has 0 fully saturated rings. The van der Waals surface area contributed by atoms with Crippen LogP contribution in [0.3, 0.4) is 0 Å². The second-order valence-corrected chi connectivity index (χ2v) is 5.49. The molecular formula is C13H13BrN4O3. The maximum Gasteiger partial charge on any atom is 0.278 e. The zero-order chi connectivity index (χ0) is 15.7. The average molecular weight is 353 g/mol. The number of nitro groups is 1. The highest BCUT2D eigenvalue weighted by molar-refractivity contribution is 9.10. The molecule has 2 rings (SSSR count). The Balaban J connectivity index is 2.51. The zero-order valence-electron chi connectivity index (χ0n) is 11.8. The molecule has 7 nitrogen and oxygen atoms in total. The van der Waals surface area contributed by atoms with Crippen LogP contribution in [0.25, 0.3) is 0 Å². The fourth-order valence-corrected chi connectivity index (χ4v) is 2.36. The van der Waals surface area contributed by atoms with Gasteiger partial charge in [-0.15, -0.1) is 0 Å². The van der Waals surface area contributed by atoms with Gasteiger partial charge < -0.3 is 0 Å². The number of hydrogen-bond acceptors (Lipinski definition) is 5. The van der Waals surface area contributed by atoms with E-state index in [9.17, 15) is 14.9 Å². The number of pyridine rings is 1. The van der Waals surface area contributed by atoms with Crippen molar-refractivity contribution >= 4 is 21.6 Å². The number of aryl methyl sites for hydroxylation is 2. The molecule has 2 aromatic heterocycles. The summed E-state index contributed by atoms with van der Waals surface area (Å²) in [6, 6.07) is 0. The summed E-state index contributed by atoms with van der Waals surface area (Å²) in [5, 5.41) is 11.1. The van der Waals surface area contributed by atoms with Crippen LogP contribution < -0.4 is 5.56 Å². The van der Waals surface area contributed by atoms with Crippen molar-refractivity contribution in [1.82, 2.24) is 14.5 Å². The lowest BCUT2D eigenvalue weighted by molar-refractivity contribution is -0.386. The summed E-state index contributed by atoms with van der Waals surface area (Å²) in [7, 11) is 0. The second kappa shape index (κ2) is 5.72. The standard InChI is InChI=1S/C13H13BrN4O3/c1-7-4-15-10(8(2)12(7)18(20)21)5-17-6-16-9(3)11(14)13(17)19/h4,6H,5H2,1-3H3. The summed E-state index contributed by atoms with van der Waals surface area (Å²) in [6.07, 6.45) is 2.86. The van der Waals surface area contributed by atoms with Gasteiger partial charge >= 0.3 is 0 Å². The molecule has 2 aromatic rings. The SMILES string of the molecule is Cc1cnc(Cn2cnc(C)c(Br)c2=O)c(C)c1[N+](=O)[O-]. The monoisotopic (exact) mass is 352 g/mol. The predicted molar refractivity (Wildman–Crippen MR) is 80.4 cm³/mol. The van der Waals surface area contributed by atoms with Gasteiger partial charge in [-0.25, -0.2) is 4.98 Å². The first-order valence-corrected chi connectivity index (χ1v) is 6.93. The zero-order valence-corrected chi connectivity index (χ0v) is 13.3. The van der Waals surface area contributed by atoms with Gasteiger partial charge in [0.1, 0.15) is 4.47 Å². The first-order chi connectivity index (χ1) is 9.82. The van der Waals surface area contributed by atoms with Gasteiger partial charge in [0.25, 0.3) is 11.2 Å². The van der Waals surface area contributed by atoms with Crippen molar-refractivity contribution in [2.24, 2.45) is 0 Å². The van der Waals surface area contributed by atoms with Crippen LogP contribution in [0.5, 0.6) is 0 Å². The van der Waals surface area contributed by atoms with Crippen LogP contribution in [0.2, 0.25) is 0 Å². The van der Waals surface area contributed by atoms with E-state index in [4.69, 9.17) is 0 Å². The molecule has 0 atom stereocenters. The van der Waals surface area contributed by atoms with E-state index in [-0.39, 0.29) is 17.8 Å². The van der Waals surface area contributed by atoms with Gasteiger partial charge in [-0.05, 0) is 36.7 Å². The van der Waals surface area contributed by atoms with E-state index in [2.05, 4.69) is 25.9 Å². The third-order valence-corrected chi connectivity index (χ3v) is 4.15. The van der Waals surface area contributed by atoms with Crippen LogP contribution in [-0.2, 0) is 6.54 Å². The number of halogens is 1. The average Bonchev–Trinajstić information content (AvgIpc) is 2.42. The van der Waals surface area contributed by atoms with E-state index in [0.29, 0.717) is 27.0 Å². The van der Waals surface area contributed by atoms with E-state index in [1.165, 1.54) is 17.1 Å². The fraction of sp³-hybridized carbons (Fsp3) is 0.308. The number of hydrogen-bond donors (Lipinski definition) is 0. The summed E-state index contributed by atoms with van der Waals surface area (Å²) >= 11 is 3.19. The van der Waals surface area contributed by atoms with Crippen molar-refractivity contribution in [1.29, 1.82) is 0 Å². The van der Waals surface area contributed by atoms with Crippen molar-refractivity contribution in [2.75, 3.05) is 0 Å². The molecule has 0 bridgehead atoms. The molecule has 0 radical (unpaired) electrons.